The third kappa shape index (κ3) is 3.37. The van der Waals surface area contributed by atoms with E-state index in [1.54, 1.807) is 14.1 Å². The lowest BCUT2D eigenvalue weighted by Gasteiger charge is -2.31. The van der Waals surface area contributed by atoms with Gasteiger partial charge in [-0.05, 0) is 12.8 Å². The molecule has 0 bridgehead atoms. The van der Waals surface area contributed by atoms with Gasteiger partial charge >= 0.3 is 5.69 Å². The Morgan fingerprint density at radius 2 is 1.77 bits per heavy atom. The molecule has 1 aliphatic heterocycles. The second kappa shape index (κ2) is 7.39. The number of unbranched alkanes of at least 4 members (excludes halogenated alkanes) is 1. The number of hydrogen-bond acceptors (Lipinski definition) is 3. The van der Waals surface area contributed by atoms with Crippen LogP contribution in [0.1, 0.15) is 45.9 Å². The van der Waals surface area contributed by atoms with E-state index >= 15 is 0 Å². The molecule has 144 valence electrons. The number of rotatable bonds is 5. The van der Waals surface area contributed by atoms with Gasteiger partial charge in [-0.2, -0.15) is 0 Å². The maximum Gasteiger partial charge on any atom is 0.332 e. The highest BCUT2D eigenvalue weighted by molar-refractivity contribution is 5.71. The van der Waals surface area contributed by atoms with E-state index in [-0.39, 0.29) is 11.2 Å². The lowest BCUT2D eigenvalue weighted by atomic mass is 9.92. The molecule has 1 N–H and O–H groups in total. The summed E-state index contributed by atoms with van der Waals surface area (Å²) >= 11 is 0. The van der Waals surface area contributed by atoms with Crippen molar-refractivity contribution < 1.29 is 4.90 Å². The first-order valence-corrected chi connectivity index (χ1v) is 9.82. The first-order valence-electron chi connectivity index (χ1n) is 9.82. The molecule has 0 unspecified atom stereocenters. The van der Waals surface area contributed by atoms with Crippen LogP contribution in [0.3, 0.4) is 0 Å². The Labute approximate surface area is 154 Å². The largest absolute Gasteiger partial charge is 0.332 e. The summed E-state index contributed by atoms with van der Waals surface area (Å²) in [5, 5.41) is 0. The van der Waals surface area contributed by atoms with Crippen molar-refractivity contribution in [1.29, 1.82) is 0 Å². The van der Waals surface area contributed by atoms with Crippen molar-refractivity contribution in [1.82, 2.24) is 18.7 Å². The molecular weight excluding hydrogens is 330 g/mol. The molecule has 2 aromatic heterocycles. The van der Waals surface area contributed by atoms with Gasteiger partial charge in [0.25, 0.3) is 5.56 Å². The minimum absolute atomic E-state index is 0.242. The van der Waals surface area contributed by atoms with Crippen LogP contribution in [-0.2, 0) is 27.2 Å². The molecule has 7 nitrogen and oxygen atoms in total. The normalized spacial score (nSPS) is 23.7. The molecule has 0 aliphatic carbocycles. The van der Waals surface area contributed by atoms with Crippen LogP contribution in [0.4, 0.5) is 0 Å². The molecule has 3 rings (SSSR count). The fourth-order valence-electron chi connectivity index (χ4n) is 4.47. The van der Waals surface area contributed by atoms with Gasteiger partial charge in [0.2, 0.25) is 0 Å². The summed E-state index contributed by atoms with van der Waals surface area (Å²) in [5.41, 5.74) is 0.521. The molecule has 3 heterocycles. The number of nitrogens with one attached hydrogen (secondary N) is 1. The Morgan fingerprint density at radius 3 is 2.38 bits per heavy atom. The fourth-order valence-corrected chi connectivity index (χ4v) is 4.47. The molecule has 1 aliphatic rings. The number of likely N-dealkylation sites (tertiary alicyclic amines) is 1. The second-order valence-corrected chi connectivity index (χ2v) is 8.19. The SMILES string of the molecule is CCCCn1c(C[NH+]2C[C@@H](C)C[C@H](C)C2)nc2c1c(=O)n(C)c(=O)n2C. The highest BCUT2D eigenvalue weighted by Crippen LogP contribution is 2.15. The van der Waals surface area contributed by atoms with Gasteiger partial charge in [0, 0.05) is 32.5 Å². The highest BCUT2D eigenvalue weighted by atomic mass is 16.2. The predicted octanol–water partition coefficient (Wildman–Crippen LogP) is 0.295. The monoisotopic (exact) mass is 362 g/mol. The maximum atomic E-state index is 12.8. The summed E-state index contributed by atoms with van der Waals surface area (Å²) in [4.78, 5) is 31.3. The highest BCUT2D eigenvalue weighted by Gasteiger charge is 2.28. The van der Waals surface area contributed by atoms with E-state index in [0.29, 0.717) is 23.0 Å². The van der Waals surface area contributed by atoms with Crippen LogP contribution in [0.2, 0.25) is 0 Å². The number of aryl methyl sites for hydroxylation is 2. The molecule has 1 saturated heterocycles. The first kappa shape index (κ1) is 18.9. The molecule has 0 radical (unpaired) electrons. The molecule has 26 heavy (non-hydrogen) atoms. The van der Waals surface area contributed by atoms with Crippen molar-refractivity contribution in [3.05, 3.63) is 26.7 Å². The number of aromatic nitrogens is 4. The van der Waals surface area contributed by atoms with Gasteiger partial charge in [0.1, 0.15) is 6.54 Å². The van der Waals surface area contributed by atoms with E-state index in [2.05, 4.69) is 25.3 Å². The van der Waals surface area contributed by atoms with Crippen molar-refractivity contribution in [2.24, 2.45) is 25.9 Å². The van der Waals surface area contributed by atoms with Crippen LogP contribution in [0, 0.1) is 11.8 Å². The minimum atomic E-state index is -0.318. The lowest BCUT2D eigenvalue weighted by Crippen LogP contribution is -3.13. The summed E-state index contributed by atoms with van der Waals surface area (Å²) < 4.78 is 4.76. The van der Waals surface area contributed by atoms with Gasteiger partial charge in [-0.1, -0.05) is 27.2 Å². The minimum Gasteiger partial charge on any atom is -0.328 e. The molecule has 2 atom stereocenters. The standard InChI is InChI=1S/C19H31N5O2/c1-6-7-8-24-15(12-23-10-13(2)9-14(3)11-23)20-17-16(24)18(25)22(5)19(26)21(17)4/h13-14H,6-12H2,1-5H3/p+1/t13-,14-/m0/s1. The van der Waals surface area contributed by atoms with Crippen molar-refractivity contribution in [3.8, 4) is 0 Å². The zero-order chi connectivity index (χ0) is 19.0. The summed E-state index contributed by atoms with van der Waals surface area (Å²) in [5.74, 6) is 2.35. The van der Waals surface area contributed by atoms with Crippen LogP contribution >= 0.6 is 0 Å². The molecule has 0 aromatic carbocycles. The summed E-state index contributed by atoms with van der Waals surface area (Å²) in [6, 6.07) is 0. The van der Waals surface area contributed by atoms with Gasteiger partial charge in [-0.3, -0.25) is 13.9 Å². The Hall–Kier alpha value is -1.89. The third-order valence-electron chi connectivity index (χ3n) is 5.65. The van der Waals surface area contributed by atoms with Gasteiger partial charge in [0.15, 0.2) is 17.0 Å². The number of nitrogens with zero attached hydrogens (tertiary/aromatic N) is 4. The van der Waals surface area contributed by atoms with Crippen LogP contribution < -0.4 is 16.1 Å². The second-order valence-electron chi connectivity index (χ2n) is 8.19. The van der Waals surface area contributed by atoms with Crippen LogP contribution in [0.15, 0.2) is 9.59 Å². The number of imidazole rings is 1. The topological polar surface area (TPSA) is 66.3 Å². The molecule has 1 fully saturated rings. The zero-order valence-electron chi connectivity index (χ0n) is 16.7. The average molecular weight is 362 g/mol. The van der Waals surface area contributed by atoms with Crippen molar-refractivity contribution >= 4 is 11.2 Å². The van der Waals surface area contributed by atoms with E-state index in [1.807, 2.05) is 0 Å². The number of piperidine rings is 1. The fraction of sp³-hybridized carbons (Fsp3) is 0.737. The van der Waals surface area contributed by atoms with Crippen LogP contribution in [0.5, 0.6) is 0 Å². The molecule has 7 heteroatoms. The molecule has 0 spiro atoms. The van der Waals surface area contributed by atoms with E-state index in [0.717, 1.165) is 44.8 Å². The maximum absolute atomic E-state index is 12.8. The Balaban J connectivity index is 2.09. The molecule has 2 aromatic rings. The zero-order valence-corrected chi connectivity index (χ0v) is 16.7. The van der Waals surface area contributed by atoms with E-state index in [9.17, 15) is 9.59 Å². The quantitative estimate of drug-likeness (QED) is 0.832. The molecule has 0 saturated carbocycles. The van der Waals surface area contributed by atoms with Crippen molar-refractivity contribution in [2.45, 2.75) is 53.1 Å². The number of fused-ring (bicyclic) bond motifs is 1. The Bertz CT molecular complexity index is 897. The lowest BCUT2D eigenvalue weighted by molar-refractivity contribution is -0.926. The Morgan fingerprint density at radius 1 is 1.12 bits per heavy atom. The van der Waals surface area contributed by atoms with Crippen LogP contribution in [0.25, 0.3) is 11.2 Å². The third-order valence-corrected chi connectivity index (χ3v) is 5.65. The van der Waals surface area contributed by atoms with E-state index in [4.69, 9.17) is 4.98 Å². The van der Waals surface area contributed by atoms with Gasteiger partial charge < -0.3 is 9.47 Å². The van der Waals surface area contributed by atoms with Gasteiger partial charge in [-0.15, -0.1) is 0 Å². The van der Waals surface area contributed by atoms with Crippen molar-refractivity contribution in [2.75, 3.05) is 13.1 Å². The molecule has 0 amide bonds. The summed E-state index contributed by atoms with van der Waals surface area (Å²) in [6.07, 6.45) is 3.33. The van der Waals surface area contributed by atoms with Crippen molar-refractivity contribution in [3.63, 3.8) is 0 Å². The first-order chi connectivity index (χ1) is 12.3. The van der Waals surface area contributed by atoms with Gasteiger partial charge in [0.05, 0.1) is 13.1 Å². The van der Waals surface area contributed by atoms with Gasteiger partial charge in [-0.25, -0.2) is 9.78 Å². The smallest absolute Gasteiger partial charge is 0.328 e. The van der Waals surface area contributed by atoms with Crippen LogP contribution in [-0.4, -0.2) is 31.8 Å². The number of hydrogen-bond donors (Lipinski definition) is 1. The summed E-state index contributed by atoms with van der Waals surface area (Å²) in [6.45, 7) is 10.6. The summed E-state index contributed by atoms with van der Waals surface area (Å²) in [7, 11) is 3.24. The predicted molar refractivity (Wildman–Crippen MR) is 102 cm³/mol. The Kier molecular flexibility index (Phi) is 5.37. The molecular formula is C19H32N5O2+. The van der Waals surface area contributed by atoms with E-state index < -0.39 is 0 Å². The average Bonchev–Trinajstić information content (AvgIpc) is 2.93. The number of quaternary nitrogens is 1. The van der Waals surface area contributed by atoms with E-state index in [1.165, 1.54) is 20.5 Å².